The van der Waals surface area contributed by atoms with Crippen LogP contribution in [-0.4, -0.2) is 29.7 Å². The van der Waals surface area contributed by atoms with Crippen LogP contribution < -0.4 is 0 Å². The topological polar surface area (TPSA) is 52.6 Å². The molecule has 6 heteroatoms. The lowest BCUT2D eigenvalue weighted by atomic mass is 10.4. The van der Waals surface area contributed by atoms with Gasteiger partial charge in [0, 0.05) is 21.6 Å². The van der Waals surface area contributed by atoms with Gasteiger partial charge >= 0.3 is 11.9 Å². The predicted molar refractivity (Wildman–Crippen MR) is 74.1 cm³/mol. The second kappa shape index (κ2) is 6.68. The Hall–Kier alpha value is -1.40. The first-order chi connectivity index (χ1) is 9.19. The van der Waals surface area contributed by atoms with Gasteiger partial charge in [-0.2, -0.15) is 0 Å². The summed E-state index contributed by atoms with van der Waals surface area (Å²) in [5.74, 6) is -0.497. The maximum absolute atomic E-state index is 11.5. The van der Waals surface area contributed by atoms with Gasteiger partial charge in [-0.1, -0.05) is 30.5 Å². The van der Waals surface area contributed by atoms with E-state index in [9.17, 15) is 9.59 Å². The molecule has 0 N–H and O–H groups in total. The summed E-state index contributed by atoms with van der Waals surface area (Å²) in [6.45, 7) is 2.86. The van der Waals surface area contributed by atoms with E-state index in [0.29, 0.717) is 5.75 Å². The second-order valence-electron chi connectivity index (χ2n) is 3.61. The highest BCUT2D eigenvalue weighted by Gasteiger charge is 2.23. The monoisotopic (exact) mass is 296 g/mol. The highest BCUT2D eigenvalue weighted by atomic mass is 32.2. The fourth-order valence-electron chi connectivity index (χ4n) is 1.43. The van der Waals surface area contributed by atoms with Gasteiger partial charge in [0.05, 0.1) is 0 Å². The molecule has 19 heavy (non-hydrogen) atoms. The van der Waals surface area contributed by atoms with E-state index in [1.165, 1.54) is 16.7 Å². The minimum absolute atomic E-state index is 0.255. The summed E-state index contributed by atoms with van der Waals surface area (Å²) in [7, 11) is 0. The molecule has 1 aliphatic rings. The predicted octanol–water partition coefficient (Wildman–Crippen LogP) is 2.48. The highest BCUT2D eigenvalue weighted by Crippen LogP contribution is 2.40. The largest absolute Gasteiger partial charge is 0.451 e. The second-order valence-corrected chi connectivity index (χ2v) is 5.87. The minimum atomic E-state index is -0.632. The van der Waals surface area contributed by atoms with E-state index in [4.69, 9.17) is 4.74 Å². The summed E-state index contributed by atoms with van der Waals surface area (Å²) >= 11 is 3.15. The van der Waals surface area contributed by atoms with Crippen molar-refractivity contribution in [2.45, 2.75) is 15.2 Å². The van der Waals surface area contributed by atoms with Gasteiger partial charge < -0.3 is 9.47 Å². The summed E-state index contributed by atoms with van der Waals surface area (Å²) in [6.07, 6.45) is 1.01. The number of thioether (sulfide) groups is 2. The fraction of sp³-hybridized carbons (Fsp3) is 0.231. The molecule has 0 saturated heterocycles. The first-order valence-electron chi connectivity index (χ1n) is 5.56. The van der Waals surface area contributed by atoms with Crippen molar-refractivity contribution in [3.63, 3.8) is 0 Å². The summed E-state index contributed by atoms with van der Waals surface area (Å²) in [4.78, 5) is 24.6. The third kappa shape index (κ3) is 4.04. The molecule has 0 aromatic heterocycles. The molecule has 1 atom stereocenters. The zero-order valence-electron chi connectivity index (χ0n) is 10.0. The van der Waals surface area contributed by atoms with Gasteiger partial charge in [0.2, 0.25) is 0 Å². The number of benzene rings is 1. The van der Waals surface area contributed by atoms with E-state index in [2.05, 4.69) is 11.3 Å². The molecule has 0 fully saturated rings. The third-order valence-electron chi connectivity index (χ3n) is 2.24. The fourth-order valence-corrected chi connectivity index (χ4v) is 3.77. The molecule has 0 spiro atoms. The van der Waals surface area contributed by atoms with E-state index in [0.717, 1.165) is 11.0 Å². The minimum Gasteiger partial charge on any atom is -0.451 e. The van der Waals surface area contributed by atoms with Crippen molar-refractivity contribution in [3.05, 3.63) is 36.9 Å². The zero-order valence-corrected chi connectivity index (χ0v) is 11.7. The lowest BCUT2D eigenvalue weighted by Crippen LogP contribution is -2.23. The molecule has 0 radical (unpaired) electrons. The van der Waals surface area contributed by atoms with Gasteiger partial charge in [0.25, 0.3) is 0 Å². The standard InChI is InChI=1S/C13H12O4S2/c1-2-11(14)16-7-12(15)17-13-8-18-9-5-3-4-6-10(9)19-13/h2-6,13H,1,7-8H2. The Morgan fingerprint density at radius 1 is 1.37 bits per heavy atom. The molecule has 0 aliphatic carbocycles. The highest BCUT2D eigenvalue weighted by molar-refractivity contribution is 8.06. The molecule has 4 nitrogen and oxygen atoms in total. The van der Waals surface area contributed by atoms with E-state index in [1.807, 2.05) is 24.3 Å². The Morgan fingerprint density at radius 3 is 2.84 bits per heavy atom. The lowest BCUT2D eigenvalue weighted by molar-refractivity contribution is -0.156. The summed E-state index contributed by atoms with van der Waals surface area (Å²) in [5.41, 5.74) is -0.255. The molecule has 1 heterocycles. The number of hydrogen-bond donors (Lipinski definition) is 0. The average Bonchev–Trinajstić information content (AvgIpc) is 2.44. The molecule has 1 aromatic rings. The average molecular weight is 296 g/mol. The van der Waals surface area contributed by atoms with Crippen LogP contribution in [0.15, 0.2) is 46.7 Å². The summed E-state index contributed by atoms with van der Waals surface area (Å²) in [6, 6.07) is 7.96. The molecule has 0 bridgehead atoms. The van der Waals surface area contributed by atoms with E-state index in [1.54, 1.807) is 11.8 Å². The lowest BCUT2D eigenvalue weighted by Gasteiger charge is -2.23. The van der Waals surface area contributed by atoms with Crippen LogP contribution in [0.4, 0.5) is 0 Å². The molecule has 1 unspecified atom stereocenters. The van der Waals surface area contributed by atoms with Gasteiger partial charge in [-0.3, -0.25) is 0 Å². The van der Waals surface area contributed by atoms with Crippen LogP contribution in [0.2, 0.25) is 0 Å². The Kier molecular flexibility index (Phi) is 4.93. The van der Waals surface area contributed by atoms with Crippen LogP contribution in [-0.2, 0) is 19.1 Å². The molecule has 0 saturated carbocycles. The van der Waals surface area contributed by atoms with Gasteiger partial charge in [-0.05, 0) is 12.1 Å². The van der Waals surface area contributed by atoms with Crippen molar-refractivity contribution < 1.29 is 19.1 Å². The van der Waals surface area contributed by atoms with Crippen LogP contribution in [0, 0.1) is 0 Å². The first-order valence-corrected chi connectivity index (χ1v) is 7.42. The van der Waals surface area contributed by atoms with Crippen LogP contribution in [0.25, 0.3) is 0 Å². The van der Waals surface area contributed by atoms with Crippen LogP contribution in [0.5, 0.6) is 0 Å². The van der Waals surface area contributed by atoms with Crippen molar-refractivity contribution >= 4 is 35.5 Å². The molecule has 1 aliphatic heterocycles. The van der Waals surface area contributed by atoms with E-state index < -0.39 is 11.9 Å². The quantitative estimate of drug-likeness (QED) is 0.628. The smallest absolute Gasteiger partial charge is 0.345 e. The molecule has 100 valence electrons. The number of carbonyl (C=O) groups excluding carboxylic acids is 2. The van der Waals surface area contributed by atoms with Crippen molar-refractivity contribution in [2.75, 3.05) is 12.4 Å². The van der Waals surface area contributed by atoms with Crippen LogP contribution >= 0.6 is 23.5 Å². The maximum atomic E-state index is 11.5. The Balaban J connectivity index is 1.83. The Morgan fingerprint density at radius 2 is 2.11 bits per heavy atom. The molecular formula is C13H12O4S2. The number of esters is 2. The summed E-state index contributed by atoms with van der Waals surface area (Å²) in [5, 5.41) is 0. The van der Waals surface area contributed by atoms with Crippen LogP contribution in [0.3, 0.4) is 0 Å². The Labute approximate surface area is 119 Å². The zero-order chi connectivity index (χ0) is 13.7. The maximum Gasteiger partial charge on any atom is 0.345 e. The molecular weight excluding hydrogens is 284 g/mol. The molecule has 2 rings (SSSR count). The number of ether oxygens (including phenoxy) is 2. The summed E-state index contributed by atoms with van der Waals surface area (Å²) < 4.78 is 9.85. The first kappa shape index (κ1) is 14.0. The van der Waals surface area contributed by atoms with Gasteiger partial charge in [-0.25, -0.2) is 9.59 Å². The Bertz CT molecular complexity index is 501. The number of rotatable bonds is 4. The molecule has 0 amide bonds. The van der Waals surface area contributed by atoms with E-state index in [-0.39, 0.29) is 12.0 Å². The molecule has 1 aromatic carbocycles. The van der Waals surface area contributed by atoms with Crippen molar-refractivity contribution in [1.29, 1.82) is 0 Å². The van der Waals surface area contributed by atoms with E-state index >= 15 is 0 Å². The normalized spacial score (nSPS) is 17.2. The van der Waals surface area contributed by atoms with Crippen LogP contribution in [0.1, 0.15) is 0 Å². The van der Waals surface area contributed by atoms with Gasteiger partial charge in [0.15, 0.2) is 12.0 Å². The van der Waals surface area contributed by atoms with Crippen molar-refractivity contribution in [1.82, 2.24) is 0 Å². The number of carbonyl (C=O) groups is 2. The van der Waals surface area contributed by atoms with Gasteiger partial charge in [0.1, 0.15) is 0 Å². The SMILES string of the molecule is C=CC(=O)OCC(=O)OC1CSc2ccccc2S1. The number of fused-ring (bicyclic) bond motifs is 1. The number of hydrogen-bond acceptors (Lipinski definition) is 6. The van der Waals surface area contributed by atoms with Crippen molar-refractivity contribution in [2.24, 2.45) is 0 Å². The third-order valence-corrected chi connectivity index (χ3v) is 4.86. The van der Waals surface area contributed by atoms with Crippen molar-refractivity contribution in [3.8, 4) is 0 Å². The van der Waals surface area contributed by atoms with Gasteiger partial charge in [-0.15, -0.1) is 11.8 Å².